The van der Waals surface area contributed by atoms with Crippen LogP contribution in [0.5, 0.6) is 0 Å². The van der Waals surface area contributed by atoms with E-state index in [4.69, 9.17) is 11.6 Å². The SMILES string of the molecule is Cc1ccn(CCCNC(=O)c2ccc(Cl)c([N+](=O)[O-])c2)n1. The molecule has 0 atom stereocenters. The Kier molecular flexibility index (Phi) is 5.11. The lowest BCUT2D eigenvalue weighted by Gasteiger charge is -2.06. The molecule has 7 nitrogen and oxygen atoms in total. The van der Waals surface area contributed by atoms with Crippen molar-refractivity contribution in [3.8, 4) is 0 Å². The van der Waals surface area contributed by atoms with Crippen molar-refractivity contribution in [3.05, 3.63) is 56.9 Å². The standard InChI is InChI=1S/C14H15ClN4O3/c1-10-5-8-18(17-10)7-2-6-16-14(20)11-3-4-12(15)13(9-11)19(21)22/h3-5,8-9H,2,6-7H2,1H3,(H,16,20). The zero-order valence-corrected chi connectivity index (χ0v) is 12.7. The van der Waals surface area contributed by atoms with E-state index in [0.29, 0.717) is 19.5 Å². The van der Waals surface area contributed by atoms with Crippen molar-refractivity contribution in [1.29, 1.82) is 0 Å². The zero-order valence-electron chi connectivity index (χ0n) is 12.0. The Balaban J connectivity index is 1.87. The van der Waals surface area contributed by atoms with Crippen LogP contribution in [0.15, 0.2) is 30.5 Å². The first-order valence-electron chi connectivity index (χ1n) is 6.69. The van der Waals surface area contributed by atoms with Crippen LogP contribution in [0.3, 0.4) is 0 Å². The monoisotopic (exact) mass is 322 g/mol. The smallest absolute Gasteiger partial charge is 0.288 e. The second-order valence-corrected chi connectivity index (χ2v) is 5.16. The fraction of sp³-hybridized carbons (Fsp3) is 0.286. The molecule has 22 heavy (non-hydrogen) atoms. The maximum Gasteiger partial charge on any atom is 0.288 e. The van der Waals surface area contributed by atoms with Gasteiger partial charge in [0.2, 0.25) is 0 Å². The van der Waals surface area contributed by atoms with Gasteiger partial charge in [0, 0.05) is 30.9 Å². The average molecular weight is 323 g/mol. The number of amides is 1. The lowest BCUT2D eigenvalue weighted by molar-refractivity contribution is -0.384. The summed E-state index contributed by atoms with van der Waals surface area (Å²) in [4.78, 5) is 22.1. The van der Waals surface area contributed by atoms with Gasteiger partial charge in [-0.2, -0.15) is 5.10 Å². The summed E-state index contributed by atoms with van der Waals surface area (Å²) in [5.74, 6) is -0.364. The minimum absolute atomic E-state index is 0.00982. The van der Waals surface area contributed by atoms with E-state index in [-0.39, 0.29) is 22.2 Å². The quantitative estimate of drug-likeness (QED) is 0.503. The number of nitro groups is 1. The molecule has 116 valence electrons. The van der Waals surface area contributed by atoms with Crippen LogP contribution in [0, 0.1) is 17.0 Å². The first kappa shape index (κ1) is 16.0. The maximum atomic E-state index is 11.9. The number of aromatic nitrogens is 2. The number of nitrogens with zero attached hydrogens (tertiary/aromatic N) is 3. The summed E-state index contributed by atoms with van der Waals surface area (Å²) in [5.41, 5.74) is 0.880. The fourth-order valence-electron chi connectivity index (χ4n) is 1.93. The van der Waals surface area contributed by atoms with Crippen molar-refractivity contribution >= 4 is 23.2 Å². The predicted octanol–water partition coefficient (Wildman–Crippen LogP) is 2.57. The van der Waals surface area contributed by atoms with Crippen LogP contribution < -0.4 is 5.32 Å². The van der Waals surface area contributed by atoms with Gasteiger partial charge >= 0.3 is 0 Å². The van der Waals surface area contributed by atoms with Crippen LogP contribution in [0.4, 0.5) is 5.69 Å². The molecule has 2 aromatic rings. The molecular formula is C14H15ClN4O3. The molecule has 0 radical (unpaired) electrons. The molecule has 0 bridgehead atoms. The molecule has 0 unspecified atom stereocenters. The molecule has 1 N–H and O–H groups in total. The first-order valence-corrected chi connectivity index (χ1v) is 7.07. The van der Waals surface area contributed by atoms with Crippen molar-refractivity contribution in [2.24, 2.45) is 0 Å². The number of nitrogens with one attached hydrogen (secondary N) is 1. The summed E-state index contributed by atoms with van der Waals surface area (Å²) >= 11 is 5.71. The minimum Gasteiger partial charge on any atom is -0.352 e. The summed E-state index contributed by atoms with van der Waals surface area (Å²) < 4.78 is 1.80. The maximum absolute atomic E-state index is 11.9. The van der Waals surface area contributed by atoms with E-state index in [1.54, 1.807) is 4.68 Å². The second kappa shape index (κ2) is 7.04. The van der Waals surface area contributed by atoms with Crippen molar-refractivity contribution in [3.63, 3.8) is 0 Å². The highest BCUT2D eigenvalue weighted by Gasteiger charge is 2.15. The lowest BCUT2D eigenvalue weighted by Crippen LogP contribution is -2.25. The minimum atomic E-state index is -0.612. The van der Waals surface area contributed by atoms with E-state index in [1.807, 2.05) is 19.2 Å². The van der Waals surface area contributed by atoms with Crippen molar-refractivity contribution < 1.29 is 9.72 Å². The van der Waals surface area contributed by atoms with Gasteiger partial charge in [-0.25, -0.2) is 0 Å². The molecule has 0 aliphatic heterocycles. The molecule has 1 aromatic carbocycles. The lowest BCUT2D eigenvalue weighted by atomic mass is 10.2. The van der Waals surface area contributed by atoms with E-state index >= 15 is 0 Å². The van der Waals surface area contributed by atoms with Crippen molar-refractivity contribution in [1.82, 2.24) is 15.1 Å². The number of benzene rings is 1. The van der Waals surface area contributed by atoms with Crippen LogP contribution in [-0.4, -0.2) is 27.2 Å². The van der Waals surface area contributed by atoms with Gasteiger partial charge in [-0.15, -0.1) is 0 Å². The van der Waals surface area contributed by atoms with Crippen LogP contribution in [-0.2, 0) is 6.54 Å². The Morgan fingerprint density at radius 2 is 2.23 bits per heavy atom. The normalized spacial score (nSPS) is 10.5. The largest absolute Gasteiger partial charge is 0.352 e. The van der Waals surface area contributed by atoms with Gasteiger partial charge < -0.3 is 5.32 Å². The molecule has 0 spiro atoms. The molecule has 1 amide bonds. The van der Waals surface area contributed by atoms with E-state index in [9.17, 15) is 14.9 Å². The Morgan fingerprint density at radius 1 is 1.45 bits per heavy atom. The fourth-order valence-corrected chi connectivity index (χ4v) is 2.11. The Morgan fingerprint density at radius 3 is 2.86 bits per heavy atom. The number of carbonyl (C=O) groups is 1. The third-order valence-corrected chi connectivity index (χ3v) is 3.35. The molecule has 8 heteroatoms. The number of rotatable bonds is 6. The van der Waals surface area contributed by atoms with Gasteiger partial charge in [0.15, 0.2) is 0 Å². The predicted molar refractivity (Wildman–Crippen MR) is 82.0 cm³/mol. The number of halogens is 1. The molecule has 2 rings (SSSR count). The Bertz CT molecular complexity index is 699. The first-order chi connectivity index (χ1) is 10.5. The molecule has 0 aliphatic carbocycles. The molecule has 1 aromatic heterocycles. The van der Waals surface area contributed by atoms with Gasteiger partial charge in [-0.05, 0) is 31.5 Å². The average Bonchev–Trinajstić information content (AvgIpc) is 2.89. The van der Waals surface area contributed by atoms with E-state index in [1.165, 1.54) is 18.2 Å². The highest BCUT2D eigenvalue weighted by Crippen LogP contribution is 2.24. The molecular weight excluding hydrogens is 308 g/mol. The highest BCUT2D eigenvalue weighted by atomic mass is 35.5. The third-order valence-electron chi connectivity index (χ3n) is 3.03. The second-order valence-electron chi connectivity index (χ2n) is 4.75. The molecule has 0 fully saturated rings. The topological polar surface area (TPSA) is 90.1 Å². The highest BCUT2D eigenvalue weighted by molar-refractivity contribution is 6.32. The molecule has 0 aliphatic rings. The van der Waals surface area contributed by atoms with Crippen LogP contribution in [0.1, 0.15) is 22.5 Å². The number of hydrogen-bond acceptors (Lipinski definition) is 4. The van der Waals surface area contributed by atoms with Crippen LogP contribution in [0.25, 0.3) is 0 Å². The van der Waals surface area contributed by atoms with Gasteiger partial charge in [0.25, 0.3) is 11.6 Å². The third kappa shape index (κ3) is 4.05. The van der Waals surface area contributed by atoms with E-state index in [0.717, 1.165) is 5.69 Å². The summed E-state index contributed by atoms with van der Waals surface area (Å²) in [7, 11) is 0. The van der Waals surface area contributed by atoms with Crippen LogP contribution >= 0.6 is 11.6 Å². The van der Waals surface area contributed by atoms with Crippen molar-refractivity contribution in [2.45, 2.75) is 19.9 Å². The van der Waals surface area contributed by atoms with Gasteiger partial charge in [0.05, 0.1) is 10.6 Å². The summed E-state index contributed by atoms with van der Waals surface area (Å²) in [5, 5.41) is 17.8. The molecule has 0 saturated carbocycles. The van der Waals surface area contributed by atoms with Crippen LogP contribution in [0.2, 0.25) is 5.02 Å². The Hall–Kier alpha value is -2.41. The molecule has 0 saturated heterocycles. The number of nitro benzene ring substituents is 1. The van der Waals surface area contributed by atoms with E-state index in [2.05, 4.69) is 10.4 Å². The Labute approximate surface area is 132 Å². The summed E-state index contributed by atoms with van der Waals surface area (Å²) in [6.07, 6.45) is 2.59. The molecule has 1 heterocycles. The van der Waals surface area contributed by atoms with Crippen molar-refractivity contribution in [2.75, 3.05) is 6.54 Å². The summed E-state index contributed by atoms with van der Waals surface area (Å²) in [6, 6.07) is 5.89. The number of hydrogen-bond donors (Lipinski definition) is 1. The summed E-state index contributed by atoms with van der Waals surface area (Å²) in [6.45, 7) is 3.05. The number of carbonyl (C=O) groups excluding carboxylic acids is 1. The van der Waals surface area contributed by atoms with Gasteiger partial charge in [0.1, 0.15) is 5.02 Å². The van der Waals surface area contributed by atoms with E-state index < -0.39 is 4.92 Å². The zero-order chi connectivity index (χ0) is 16.1. The number of aryl methyl sites for hydroxylation is 2. The van der Waals surface area contributed by atoms with Gasteiger partial charge in [-0.3, -0.25) is 19.6 Å². The van der Waals surface area contributed by atoms with Gasteiger partial charge in [-0.1, -0.05) is 11.6 Å².